The van der Waals surface area contributed by atoms with Gasteiger partial charge in [0.05, 0.1) is 18.3 Å². The molecule has 0 spiro atoms. The van der Waals surface area contributed by atoms with Gasteiger partial charge in [0.2, 0.25) is 5.91 Å². The maximum Gasteiger partial charge on any atom is 0.326 e. The second kappa shape index (κ2) is 11.4. The van der Waals surface area contributed by atoms with Gasteiger partial charge in [0.15, 0.2) is 0 Å². The molecule has 40 heavy (non-hydrogen) atoms. The standard InChI is InChI=1S/C33H49NO6/c1-19(9-12-27(36)34-26(31(39)40)17-20-7-5-4-6-8-20)22-10-11-23-28-24(14-16-32(22,23)2)33(3)15-13-21(35)18-25(33)29(37)30(28)38/h4-8,19,21-26,28-30,35,37-38H,9-18H2,1-3H3,(H,34,36)(H,39,40)/t19-,21-,22-,23+,24+,25+,26+,28+,29-,30+,32-,33-/m1/s1. The first-order valence-corrected chi connectivity index (χ1v) is 15.6. The largest absolute Gasteiger partial charge is 0.480 e. The minimum absolute atomic E-state index is 0.0477. The van der Waals surface area contributed by atoms with Crippen LogP contribution in [0.15, 0.2) is 30.3 Å². The number of carbonyl (C=O) groups is 2. The van der Waals surface area contributed by atoms with Crippen LogP contribution in [0.4, 0.5) is 0 Å². The lowest BCUT2D eigenvalue weighted by Crippen LogP contribution is -2.64. The highest BCUT2D eigenvalue weighted by Gasteiger charge is 2.65. The summed E-state index contributed by atoms with van der Waals surface area (Å²) in [6.07, 6.45) is 5.80. The topological polar surface area (TPSA) is 127 Å². The van der Waals surface area contributed by atoms with E-state index in [0.29, 0.717) is 42.9 Å². The average molecular weight is 556 g/mol. The molecule has 0 saturated heterocycles. The number of carboxylic acid groups (broad SMARTS) is 1. The van der Waals surface area contributed by atoms with Crippen LogP contribution >= 0.6 is 0 Å². The Hall–Kier alpha value is -1.96. The quantitative estimate of drug-likeness (QED) is 0.328. The summed E-state index contributed by atoms with van der Waals surface area (Å²) in [4.78, 5) is 24.6. The lowest BCUT2D eigenvalue weighted by Gasteiger charge is -2.63. The summed E-state index contributed by atoms with van der Waals surface area (Å²) < 4.78 is 0. The van der Waals surface area contributed by atoms with E-state index in [1.54, 1.807) is 0 Å². The third-order valence-corrected chi connectivity index (χ3v) is 12.2. The molecule has 1 aromatic rings. The third kappa shape index (κ3) is 5.22. The van der Waals surface area contributed by atoms with Gasteiger partial charge in [0, 0.05) is 12.8 Å². The van der Waals surface area contributed by atoms with Gasteiger partial charge in [-0.25, -0.2) is 4.79 Å². The van der Waals surface area contributed by atoms with E-state index >= 15 is 0 Å². The highest BCUT2D eigenvalue weighted by Crippen LogP contribution is 2.68. The van der Waals surface area contributed by atoms with Crippen molar-refractivity contribution in [2.24, 2.45) is 46.3 Å². The zero-order chi connectivity index (χ0) is 28.8. The molecule has 0 radical (unpaired) electrons. The normalized spacial score (nSPS) is 42.1. The fraction of sp³-hybridized carbons (Fsp3) is 0.758. The van der Waals surface area contributed by atoms with Crippen LogP contribution in [0.2, 0.25) is 0 Å². The Morgan fingerprint density at radius 2 is 1.60 bits per heavy atom. The molecular weight excluding hydrogens is 506 g/mol. The van der Waals surface area contributed by atoms with Crippen molar-refractivity contribution < 1.29 is 30.0 Å². The van der Waals surface area contributed by atoms with Crippen LogP contribution < -0.4 is 5.32 Å². The van der Waals surface area contributed by atoms with Crippen molar-refractivity contribution in [1.82, 2.24) is 5.32 Å². The maximum absolute atomic E-state index is 12.8. The molecule has 1 amide bonds. The van der Waals surface area contributed by atoms with Crippen LogP contribution in [-0.2, 0) is 16.0 Å². The molecule has 222 valence electrons. The Labute approximate surface area is 238 Å². The van der Waals surface area contributed by atoms with E-state index in [9.17, 15) is 30.0 Å². The summed E-state index contributed by atoms with van der Waals surface area (Å²) in [5.74, 6) is 0.195. The number of carboxylic acids is 1. The second-order valence-electron chi connectivity index (χ2n) is 14.2. The number of aliphatic hydroxyl groups excluding tert-OH is 3. The van der Waals surface area contributed by atoms with Crippen LogP contribution in [0.5, 0.6) is 0 Å². The Balaban J connectivity index is 1.22. The van der Waals surface area contributed by atoms with Crippen molar-refractivity contribution in [2.75, 3.05) is 0 Å². The summed E-state index contributed by atoms with van der Waals surface area (Å²) in [6.45, 7) is 6.90. The number of hydrogen-bond acceptors (Lipinski definition) is 5. The third-order valence-electron chi connectivity index (χ3n) is 12.2. The summed E-state index contributed by atoms with van der Waals surface area (Å²) in [7, 11) is 0. The van der Waals surface area contributed by atoms with E-state index in [4.69, 9.17) is 0 Å². The van der Waals surface area contributed by atoms with Crippen molar-refractivity contribution in [3.8, 4) is 0 Å². The molecule has 1 aromatic carbocycles. The predicted molar refractivity (Wildman–Crippen MR) is 152 cm³/mol. The van der Waals surface area contributed by atoms with Crippen LogP contribution in [-0.4, -0.2) is 56.7 Å². The molecule has 5 N–H and O–H groups in total. The van der Waals surface area contributed by atoms with Gasteiger partial charge in [-0.15, -0.1) is 0 Å². The highest BCUT2D eigenvalue weighted by molar-refractivity contribution is 5.83. The van der Waals surface area contributed by atoms with Gasteiger partial charge < -0.3 is 25.7 Å². The lowest BCUT2D eigenvalue weighted by molar-refractivity contribution is -0.223. The number of aliphatic hydroxyl groups is 3. The van der Waals surface area contributed by atoms with E-state index in [1.165, 1.54) is 0 Å². The number of amides is 1. The Morgan fingerprint density at radius 3 is 2.30 bits per heavy atom. The molecule has 0 bridgehead atoms. The van der Waals surface area contributed by atoms with Gasteiger partial charge in [-0.3, -0.25) is 4.79 Å². The highest BCUT2D eigenvalue weighted by atomic mass is 16.4. The van der Waals surface area contributed by atoms with Crippen molar-refractivity contribution in [3.63, 3.8) is 0 Å². The van der Waals surface area contributed by atoms with E-state index in [-0.39, 0.29) is 41.1 Å². The maximum atomic E-state index is 12.8. The molecule has 7 nitrogen and oxygen atoms in total. The molecule has 4 saturated carbocycles. The van der Waals surface area contributed by atoms with Crippen molar-refractivity contribution >= 4 is 11.9 Å². The van der Waals surface area contributed by atoms with E-state index < -0.39 is 24.2 Å². The van der Waals surface area contributed by atoms with Gasteiger partial charge in [-0.05, 0) is 103 Å². The van der Waals surface area contributed by atoms with Gasteiger partial charge in [-0.1, -0.05) is 51.1 Å². The average Bonchev–Trinajstić information content (AvgIpc) is 3.28. The predicted octanol–water partition coefficient (Wildman–Crippen LogP) is 4.18. The van der Waals surface area contributed by atoms with Crippen LogP contribution in [0.25, 0.3) is 0 Å². The number of aliphatic carboxylic acids is 1. The first kappa shape index (κ1) is 29.5. The van der Waals surface area contributed by atoms with Crippen molar-refractivity contribution in [3.05, 3.63) is 35.9 Å². The molecule has 4 aliphatic carbocycles. The minimum Gasteiger partial charge on any atom is -0.480 e. The molecule has 0 aliphatic heterocycles. The Bertz CT molecular complexity index is 1060. The second-order valence-corrected chi connectivity index (χ2v) is 14.2. The van der Waals surface area contributed by atoms with Crippen LogP contribution in [0.1, 0.15) is 84.1 Å². The molecule has 5 rings (SSSR count). The summed E-state index contributed by atoms with van der Waals surface area (Å²) >= 11 is 0. The molecule has 7 heteroatoms. The molecule has 12 atom stereocenters. The lowest BCUT2D eigenvalue weighted by atomic mass is 9.43. The van der Waals surface area contributed by atoms with Crippen LogP contribution in [0, 0.1) is 46.3 Å². The Morgan fingerprint density at radius 1 is 0.925 bits per heavy atom. The van der Waals surface area contributed by atoms with E-state index in [2.05, 4.69) is 26.1 Å². The first-order chi connectivity index (χ1) is 19.0. The molecule has 4 aliphatic rings. The minimum atomic E-state index is -1.02. The SMILES string of the molecule is C[C@H](CCC(=O)N[C@@H](Cc1ccccc1)C(=O)O)[C@H]1CC[C@H]2[C@@H]3[C@H](O)[C@H](O)[C@@H]4C[C@H](O)CC[C@]4(C)[C@H]3CC[C@]12C. The van der Waals surface area contributed by atoms with E-state index in [1.807, 2.05) is 30.3 Å². The Kier molecular flexibility index (Phi) is 8.40. The van der Waals surface area contributed by atoms with Gasteiger partial charge in [0.1, 0.15) is 6.04 Å². The van der Waals surface area contributed by atoms with E-state index in [0.717, 1.165) is 44.1 Å². The van der Waals surface area contributed by atoms with Gasteiger partial charge in [0.25, 0.3) is 0 Å². The number of nitrogens with one attached hydrogen (secondary N) is 1. The van der Waals surface area contributed by atoms with Crippen molar-refractivity contribution in [1.29, 1.82) is 0 Å². The fourth-order valence-electron chi connectivity index (χ4n) is 10.1. The van der Waals surface area contributed by atoms with Crippen LogP contribution in [0.3, 0.4) is 0 Å². The summed E-state index contributed by atoms with van der Waals surface area (Å²) in [5, 5.41) is 45.5. The smallest absolute Gasteiger partial charge is 0.326 e. The molecule has 4 fully saturated rings. The van der Waals surface area contributed by atoms with Gasteiger partial charge in [-0.2, -0.15) is 0 Å². The monoisotopic (exact) mass is 555 g/mol. The number of benzene rings is 1. The summed E-state index contributed by atoms with van der Waals surface area (Å²) in [5.41, 5.74) is 0.877. The first-order valence-electron chi connectivity index (χ1n) is 15.6. The van der Waals surface area contributed by atoms with Crippen molar-refractivity contribution in [2.45, 2.75) is 109 Å². The zero-order valence-corrected chi connectivity index (χ0v) is 24.3. The molecule has 0 unspecified atom stereocenters. The summed E-state index contributed by atoms with van der Waals surface area (Å²) in [6, 6.07) is 8.42. The molecule has 0 aromatic heterocycles. The van der Waals surface area contributed by atoms with Gasteiger partial charge >= 0.3 is 5.97 Å². The number of fused-ring (bicyclic) bond motifs is 5. The zero-order valence-electron chi connectivity index (χ0n) is 24.3. The molecule has 0 heterocycles. The fourth-order valence-corrected chi connectivity index (χ4v) is 10.1. The molecular formula is C33H49NO6. The number of hydrogen-bond donors (Lipinski definition) is 5. The number of rotatable bonds is 8. The number of carbonyl (C=O) groups excluding carboxylic acids is 1.